The van der Waals surface area contributed by atoms with Gasteiger partial charge >= 0.3 is 6.18 Å². The molecule has 208 valence electrons. The van der Waals surface area contributed by atoms with E-state index in [2.05, 4.69) is 21.9 Å². The lowest BCUT2D eigenvalue weighted by Crippen LogP contribution is -2.35. The number of halogens is 3. The highest BCUT2D eigenvalue weighted by Gasteiger charge is 2.31. The normalized spacial score (nSPS) is 14.8. The van der Waals surface area contributed by atoms with Gasteiger partial charge in [0, 0.05) is 30.1 Å². The number of ether oxygens (including phenoxy) is 2. The van der Waals surface area contributed by atoms with Crippen LogP contribution in [0.3, 0.4) is 0 Å². The van der Waals surface area contributed by atoms with Crippen LogP contribution in [-0.2, 0) is 17.4 Å². The Kier molecular flexibility index (Phi) is 7.62. The highest BCUT2D eigenvalue weighted by atomic mass is 19.4. The zero-order chi connectivity index (χ0) is 28.4. The van der Waals surface area contributed by atoms with Gasteiger partial charge < -0.3 is 20.1 Å². The Balaban J connectivity index is 1.49. The van der Waals surface area contributed by atoms with E-state index in [1.54, 1.807) is 31.4 Å². The van der Waals surface area contributed by atoms with Crippen LogP contribution in [0.2, 0.25) is 0 Å². The van der Waals surface area contributed by atoms with Crippen LogP contribution in [0.4, 0.5) is 13.2 Å². The number of hydrogen-bond acceptors (Lipinski definition) is 6. The second-order valence-electron chi connectivity index (χ2n) is 9.95. The lowest BCUT2D eigenvalue weighted by molar-refractivity contribution is -0.137. The summed E-state index contributed by atoms with van der Waals surface area (Å²) in [5, 5.41) is 0.747. The molecule has 5 rings (SSSR count). The van der Waals surface area contributed by atoms with E-state index in [1.165, 1.54) is 12.4 Å². The third-order valence-electron chi connectivity index (χ3n) is 7.15. The van der Waals surface area contributed by atoms with Gasteiger partial charge in [0.05, 0.1) is 30.3 Å². The second-order valence-corrected chi connectivity index (χ2v) is 9.95. The van der Waals surface area contributed by atoms with E-state index >= 15 is 0 Å². The maximum atomic E-state index is 13.4. The molecule has 0 unspecified atom stereocenters. The zero-order valence-corrected chi connectivity index (χ0v) is 22.2. The van der Waals surface area contributed by atoms with Crippen LogP contribution in [0.5, 0.6) is 11.5 Å². The molecule has 7 nitrogen and oxygen atoms in total. The number of likely N-dealkylation sites (tertiary alicyclic amines) is 1. The average molecular weight is 551 g/mol. The summed E-state index contributed by atoms with van der Waals surface area (Å²) in [4.78, 5) is 22.8. The predicted octanol–water partition coefficient (Wildman–Crippen LogP) is 5.49. The number of piperidine rings is 1. The van der Waals surface area contributed by atoms with Gasteiger partial charge in [0.15, 0.2) is 11.5 Å². The molecule has 1 aliphatic heterocycles. The van der Waals surface area contributed by atoms with Crippen molar-refractivity contribution in [2.24, 2.45) is 5.73 Å². The first-order valence-electron chi connectivity index (χ1n) is 12.9. The summed E-state index contributed by atoms with van der Waals surface area (Å²) in [6.45, 7) is 1.93. The smallest absolute Gasteiger partial charge is 0.416 e. The van der Waals surface area contributed by atoms with Crippen molar-refractivity contribution >= 4 is 16.8 Å². The number of alkyl halides is 3. The number of hydrogen-bond donors (Lipinski definition) is 1. The lowest BCUT2D eigenvalue weighted by Gasteiger charge is -2.29. The van der Waals surface area contributed by atoms with Crippen LogP contribution < -0.4 is 15.2 Å². The SMILES string of the molecule is COc1cc2c(-c3ccc(-c4cc(C(F)(F)F)ccc4CC(N)=O)cc3)ncnc2cc1OC1CCN(C)CC1. The molecule has 1 aliphatic rings. The predicted molar refractivity (Wildman–Crippen MR) is 146 cm³/mol. The number of methoxy groups -OCH3 is 1. The minimum atomic E-state index is -4.52. The highest BCUT2D eigenvalue weighted by molar-refractivity contribution is 5.94. The molecular weight excluding hydrogens is 521 g/mol. The number of benzene rings is 3. The number of rotatable bonds is 7. The van der Waals surface area contributed by atoms with Crippen molar-refractivity contribution in [1.82, 2.24) is 14.9 Å². The van der Waals surface area contributed by atoms with E-state index in [1.807, 2.05) is 12.1 Å². The maximum Gasteiger partial charge on any atom is 0.416 e. The summed E-state index contributed by atoms with van der Waals surface area (Å²) >= 11 is 0. The fourth-order valence-corrected chi connectivity index (χ4v) is 5.00. The van der Waals surface area contributed by atoms with Gasteiger partial charge in [-0.2, -0.15) is 13.2 Å². The van der Waals surface area contributed by atoms with Gasteiger partial charge in [-0.1, -0.05) is 30.3 Å². The molecule has 2 heterocycles. The Bertz CT molecular complexity index is 1530. The molecule has 0 bridgehead atoms. The van der Waals surface area contributed by atoms with Crippen molar-refractivity contribution in [2.45, 2.75) is 31.5 Å². The van der Waals surface area contributed by atoms with Crippen LogP contribution in [-0.4, -0.2) is 54.1 Å². The lowest BCUT2D eigenvalue weighted by atomic mass is 9.94. The molecule has 3 aromatic carbocycles. The molecule has 10 heteroatoms. The number of fused-ring (bicyclic) bond motifs is 1. The van der Waals surface area contributed by atoms with Gasteiger partial charge in [0.25, 0.3) is 0 Å². The molecule has 1 amide bonds. The number of nitrogens with two attached hydrogens (primary N) is 1. The number of amides is 1. The topological polar surface area (TPSA) is 90.6 Å². The van der Waals surface area contributed by atoms with E-state index in [4.69, 9.17) is 15.2 Å². The van der Waals surface area contributed by atoms with Crippen LogP contribution in [0.15, 0.2) is 60.9 Å². The molecule has 1 aromatic heterocycles. The number of aromatic nitrogens is 2. The van der Waals surface area contributed by atoms with Gasteiger partial charge in [-0.05, 0) is 54.8 Å². The Labute approximate surface area is 229 Å². The summed E-state index contributed by atoms with van der Waals surface area (Å²) in [5.41, 5.74) is 7.85. The number of nitrogens with zero attached hydrogens (tertiary/aromatic N) is 3. The molecule has 0 radical (unpaired) electrons. The van der Waals surface area contributed by atoms with E-state index in [-0.39, 0.29) is 12.5 Å². The van der Waals surface area contributed by atoms with Crippen molar-refractivity contribution in [3.8, 4) is 33.9 Å². The van der Waals surface area contributed by atoms with Gasteiger partial charge in [0.1, 0.15) is 12.4 Å². The number of carbonyl (C=O) groups is 1. The fourth-order valence-electron chi connectivity index (χ4n) is 5.00. The molecule has 0 aliphatic carbocycles. The molecule has 1 fully saturated rings. The van der Waals surface area contributed by atoms with Crippen molar-refractivity contribution < 1.29 is 27.4 Å². The molecular formula is C30H29F3N4O3. The molecule has 4 aromatic rings. The van der Waals surface area contributed by atoms with Gasteiger partial charge in [-0.25, -0.2) is 9.97 Å². The zero-order valence-electron chi connectivity index (χ0n) is 22.2. The van der Waals surface area contributed by atoms with Crippen molar-refractivity contribution in [2.75, 3.05) is 27.2 Å². The first-order valence-corrected chi connectivity index (χ1v) is 12.9. The Morgan fingerprint density at radius 1 is 1.00 bits per heavy atom. The average Bonchev–Trinajstić information content (AvgIpc) is 2.93. The van der Waals surface area contributed by atoms with Crippen molar-refractivity contribution in [3.63, 3.8) is 0 Å². The van der Waals surface area contributed by atoms with E-state index in [0.717, 1.165) is 49.0 Å². The summed E-state index contributed by atoms with van der Waals surface area (Å²) in [7, 11) is 3.68. The highest BCUT2D eigenvalue weighted by Crippen LogP contribution is 2.38. The molecule has 1 saturated heterocycles. The third-order valence-corrected chi connectivity index (χ3v) is 7.15. The Hall–Kier alpha value is -4.18. The summed E-state index contributed by atoms with van der Waals surface area (Å²) in [5.74, 6) is 0.563. The largest absolute Gasteiger partial charge is 0.493 e. The quantitative estimate of drug-likeness (QED) is 0.327. The summed E-state index contributed by atoms with van der Waals surface area (Å²) in [6.07, 6.45) is -1.29. The van der Waals surface area contributed by atoms with Crippen LogP contribution in [0, 0.1) is 0 Å². The molecule has 2 N–H and O–H groups in total. The fraction of sp³-hybridized carbons (Fsp3) is 0.300. The van der Waals surface area contributed by atoms with Crippen LogP contribution in [0.25, 0.3) is 33.3 Å². The first-order chi connectivity index (χ1) is 19.1. The molecule has 0 saturated carbocycles. The molecule has 0 atom stereocenters. The van der Waals surface area contributed by atoms with Crippen molar-refractivity contribution in [1.29, 1.82) is 0 Å². The summed E-state index contributed by atoms with van der Waals surface area (Å²) in [6, 6.07) is 14.0. The van der Waals surface area contributed by atoms with Crippen LogP contribution in [0.1, 0.15) is 24.0 Å². The van der Waals surface area contributed by atoms with E-state index < -0.39 is 17.6 Å². The van der Waals surface area contributed by atoms with Gasteiger partial charge in [-0.15, -0.1) is 0 Å². The number of carbonyl (C=O) groups excluding carboxylic acids is 1. The van der Waals surface area contributed by atoms with E-state index in [0.29, 0.717) is 39.4 Å². The van der Waals surface area contributed by atoms with Crippen molar-refractivity contribution in [3.05, 3.63) is 72.1 Å². The van der Waals surface area contributed by atoms with Gasteiger partial charge in [0.2, 0.25) is 5.91 Å². The summed E-state index contributed by atoms with van der Waals surface area (Å²) < 4.78 is 52.2. The minimum Gasteiger partial charge on any atom is -0.493 e. The molecule has 0 spiro atoms. The maximum absolute atomic E-state index is 13.4. The molecule has 40 heavy (non-hydrogen) atoms. The monoisotopic (exact) mass is 550 g/mol. The van der Waals surface area contributed by atoms with Gasteiger partial charge in [-0.3, -0.25) is 4.79 Å². The Morgan fingerprint density at radius 3 is 2.35 bits per heavy atom. The van der Waals surface area contributed by atoms with E-state index in [9.17, 15) is 18.0 Å². The number of primary amides is 1. The van der Waals surface area contributed by atoms with Crippen LogP contribution >= 0.6 is 0 Å². The second kappa shape index (κ2) is 11.1. The standard InChI is InChI=1S/C30H29F3N4O3/c1-37-11-9-22(10-12-37)40-27-16-25-24(15-26(27)39-2)29(36-17-35-25)19-5-3-18(4-6-19)23-14-21(30(31,32)33)8-7-20(23)13-28(34)38/h3-8,14-17,22H,9-13H2,1-2H3,(H2,34,38). The first kappa shape index (κ1) is 27.4. The Morgan fingerprint density at radius 2 is 1.70 bits per heavy atom. The third kappa shape index (κ3) is 5.86. The minimum absolute atomic E-state index is 0.0895.